The van der Waals surface area contributed by atoms with E-state index in [4.69, 9.17) is 5.11 Å². The fourth-order valence-corrected chi connectivity index (χ4v) is 1.95. The summed E-state index contributed by atoms with van der Waals surface area (Å²) in [6, 6.07) is 8.30. The lowest BCUT2D eigenvalue weighted by molar-refractivity contribution is 0.0849. The highest BCUT2D eigenvalue weighted by Gasteiger charge is 2.05. The molecule has 1 aromatic heterocycles. The molecule has 2 aromatic rings. The van der Waals surface area contributed by atoms with Crippen LogP contribution in [0.4, 0.5) is 0 Å². The molecule has 0 aliphatic carbocycles. The zero-order chi connectivity index (χ0) is 11.5. The van der Waals surface area contributed by atoms with E-state index >= 15 is 0 Å². The molecule has 86 valence electrons. The molecule has 0 saturated carbocycles. The summed E-state index contributed by atoms with van der Waals surface area (Å²) in [6.45, 7) is 2.65. The van der Waals surface area contributed by atoms with Gasteiger partial charge in [0.25, 0.3) is 0 Å². The lowest BCUT2D eigenvalue weighted by atomic mass is 10.1. The summed E-state index contributed by atoms with van der Waals surface area (Å²) < 4.78 is 2.11. The maximum absolute atomic E-state index is 9.32. The number of rotatable bonds is 4. The van der Waals surface area contributed by atoms with Gasteiger partial charge in [-0.25, -0.2) is 0 Å². The number of aryl methyl sites for hydroxylation is 2. The second-order valence-electron chi connectivity index (χ2n) is 4.14. The molecule has 0 saturated heterocycles. The fraction of sp³-hybridized carbons (Fsp3) is 0.385. The van der Waals surface area contributed by atoms with Crippen LogP contribution < -0.4 is 0 Å². The zero-order valence-corrected chi connectivity index (χ0v) is 9.43. The summed E-state index contributed by atoms with van der Waals surface area (Å²) in [7, 11) is 0. The molecular weight excluding hydrogens is 202 g/mol. The number of aliphatic hydroxyl groups excluding tert-OH is 2. The molecule has 0 aliphatic rings. The first-order chi connectivity index (χ1) is 7.72. The van der Waals surface area contributed by atoms with E-state index in [1.54, 1.807) is 0 Å². The molecule has 2 N–H and O–H groups in total. The number of fused-ring (bicyclic) bond motifs is 1. The van der Waals surface area contributed by atoms with Gasteiger partial charge in [-0.3, -0.25) is 0 Å². The van der Waals surface area contributed by atoms with E-state index in [0.29, 0.717) is 6.42 Å². The number of hydrogen-bond acceptors (Lipinski definition) is 2. The third-order valence-electron chi connectivity index (χ3n) is 2.95. The van der Waals surface area contributed by atoms with Crippen molar-refractivity contribution in [1.29, 1.82) is 0 Å². The summed E-state index contributed by atoms with van der Waals surface area (Å²) >= 11 is 0. The van der Waals surface area contributed by atoms with Crippen LogP contribution in [0.1, 0.15) is 12.0 Å². The van der Waals surface area contributed by atoms with Gasteiger partial charge in [-0.2, -0.15) is 0 Å². The Kier molecular flexibility index (Phi) is 3.27. The van der Waals surface area contributed by atoms with E-state index in [2.05, 4.69) is 29.7 Å². The van der Waals surface area contributed by atoms with Crippen molar-refractivity contribution < 1.29 is 10.2 Å². The van der Waals surface area contributed by atoms with Crippen molar-refractivity contribution in [3.8, 4) is 0 Å². The highest BCUT2D eigenvalue weighted by Crippen LogP contribution is 2.19. The van der Waals surface area contributed by atoms with Crippen molar-refractivity contribution in [3.05, 3.63) is 36.0 Å². The monoisotopic (exact) mass is 219 g/mol. The highest BCUT2D eigenvalue weighted by atomic mass is 16.3. The molecule has 0 bridgehead atoms. The van der Waals surface area contributed by atoms with E-state index < -0.39 is 6.10 Å². The Bertz CT molecular complexity index is 476. The Morgan fingerprint density at radius 2 is 2.12 bits per heavy atom. The Morgan fingerprint density at radius 3 is 2.88 bits per heavy atom. The standard InChI is InChI=1S/C13H17NO2/c1-10-3-2-4-13-12(10)6-8-14(13)7-5-11(16)9-15/h2-4,6,8,11,15-16H,5,7,9H2,1H3. The van der Waals surface area contributed by atoms with Gasteiger partial charge in [0.1, 0.15) is 0 Å². The molecular formula is C13H17NO2. The van der Waals surface area contributed by atoms with Gasteiger partial charge in [0.15, 0.2) is 0 Å². The maximum atomic E-state index is 9.32. The SMILES string of the molecule is Cc1cccc2c1ccn2CCC(O)CO. The van der Waals surface area contributed by atoms with Crippen LogP contribution in [0.2, 0.25) is 0 Å². The topological polar surface area (TPSA) is 45.4 Å². The van der Waals surface area contributed by atoms with Crippen LogP contribution >= 0.6 is 0 Å². The average Bonchev–Trinajstić information content (AvgIpc) is 2.70. The van der Waals surface area contributed by atoms with Crippen LogP contribution in [0.5, 0.6) is 0 Å². The highest BCUT2D eigenvalue weighted by molar-refractivity contribution is 5.83. The normalized spacial score (nSPS) is 13.2. The van der Waals surface area contributed by atoms with Gasteiger partial charge in [-0.15, -0.1) is 0 Å². The molecule has 1 heterocycles. The van der Waals surface area contributed by atoms with E-state index in [1.807, 2.05) is 12.3 Å². The first kappa shape index (κ1) is 11.2. The molecule has 1 unspecified atom stereocenters. The predicted octanol–water partition coefficient (Wildman–Crippen LogP) is 1.69. The van der Waals surface area contributed by atoms with Crippen LogP contribution in [-0.4, -0.2) is 27.5 Å². The molecule has 0 radical (unpaired) electrons. The number of nitrogens with zero attached hydrogens (tertiary/aromatic N) is 1. The van der Waals surface area contributed by atoms with Gasteiger partial charge in [-0.1, -0.05) is 12.1 Å². The van der Waals surface area contributed by atoms with Crippen LogP contribution in [0.3, 0.4) is 0 Å². The van der Waals surface area contributed by atoms with Crippen molar-refractivity contribution in [2.24, 2.45) is 0 Å². The molecule has 3 nitrogen and oxygen atoms in total. The first-order valence-electron chi connectivity index (χ1n) is 5.55. The summed E-state index contributed by atoms with van der Waals surface area (Å²) in [5.74, 6) is 0. The van der Waals surface area contributed by atoms with E-state index in [0.717, 1.165) is 6.54 Å². The molecule has 3 heteroatoms. The Labute approximate surface area is 94.9 Å². The van der Waals surface area contributed by atoms with Crippen LogP contribution in [0.15, 0.2) is 30.5 Å². The Hall–Kier alpha value is -1.32. The minimum absolute atomic E-state index is 0.168. The van der Waals surface area contributed by atoms with Crippen LogP contribution in [0.25, 0.3) is 10.9 Å². The third kappa shape index (κ3) is 2.10. The van der Waals surface area contributed by atoms with Crippen LogP contribution in [0, 0.1) is 6.92 Å². The smallest absolute Gasteiger partial charge is 0.0787 e. The predicted molar refractivity (Wildman–Crippen MR) is 64.4 cm³/mol. The summed E-state index contributed by atoms with van der Waals surface area (Å²) in [5.41, 5.74) is 2.45. The fourth-order valence-electron chi connectivity index (χ4n) is 1.95. The van der Waals surface area contributed by atoms with Crippen LogP contribution in [-0.2, 0) is 6.54 Å². The lowest BCUT2D eigenvalue weighted by Crippen LogP contribution is -2.14. The molecule has 2 rings (SSSR count). The van der Waals surface area contributed by atoms with Gasteiger partial charge in [0, 0.05) is 23.6 Å². The Morgan fingerprint density at radius 1 is 1.31 bits per heavy atom. The first-order valence-corrected chi connectivity index (χ1v) is 5.55. The second kappa shape index (κ2) is 4.68. The number of benzene rings is 1. The molecule has 0 spiro atoms. The number of aromatic nitrogens is 1. The van der Waals surface area contributed by atoms with Gasteiger partial charge < -0.3 is 14.8 Å². The molecule has 1 atom stereocenters. The average molecular weight is 219 g/mol. The van der Waals surface area contributed by atoms with Gasteiger partial charge in [0.05, 0.1) is 12.7 Å². The summed E-state index contributed by atoms with van der Waals surface area (Å²) in [4.78, 5) is 0. The summed E-state index contributed by atoms with van der Waals surface area (Å²) in [5, 5.41) is 19.3. The second-order valence-corrected chi connectivity index (χ2v) is 4.14. The van der Waals surface area contributed by atoms with Gasteiger partial charge >= 0.3 is 0 Å². The summed E-state index contributed by atoms with van der Waals surface area (Å²) in [6.07, 6.45) is 1.98. The van der Waals surface area contributed by atoms with E-state index in [1.165, 1.54) is 16.5 Å². The largest absolute Gasteiger partial charge is 0.394 e. The third-order valence-corrected chi connectivity index (χ3v) is 2.95. The number of aliphatic hydroxyl groups is 2. The zero-order valence-electron chi connectivity index (χ0n) is 9.43. The quantitative estimate of drug-likeness (QED) is 0.822. The van der Waals surface area contributed by atoms with Gasteiger partial charge in [-0.05, 0) is 31.0 Å². The minimum Gasteiger partial charge on any atom is -0.394 e. The number of hydrogen-bond donors (Lipinski definition) is 2. The van der Waals surface area contributed by atoms with Crippen molar-refractivity contribution in [1.82, 2.24) is 4.57 Å². The molecule has 0 aliphatic heterocycles. The lowest BCUT2D eigenvalue weighted by Gasteiger charge is -2.09. The molecule has 1 aromatic carbocycles. The minimum atomic E-state index is -0.623. The van der Waals surface area contributed by atoms with Gasteiger partial charge in [0.2, 0.25) is 0 Å². The molecule has 0 amide bonds. The van der Waals surface area contributed by atoms with Crippen molar-refractivity contribution in [2.75, 3.05) is 6.61 Å². The van der Waals surface area contributed by atoms with E-state index in [-0.39, 0.29) is 6.61 Å². The molecule has 0 fully saturated rings. The van der Waals surface area contributed by atoms with E-state index in [9.17, 15) is 5.11 Å². The maximum Gasteiger partial charge on any atom is 0.0787 e. The molecule has 16 heavy (non-hydrogen) atoms. The van der Waals surface area contributed by atoms with Crippen molar-refractivity contribution in [3.63, 3.8) is 0 Å². The van der Waals surface area contributed by atoms with Crippen molar-refractivity contribution >= 4 is 10.9 Å². The van der Waals surface area contributed by atoms with Crippen molar-refractivity contribution in [2.45, 2.75) is 26.0 Å². The Balaban J connectivity index is 2.22.